The van der Waals surface area contributed by atoms with Gasteiger partial charge < -0.3 is 4.90 Å². The summed E-state index contributed by atoms with van der Waals surface area (Å²) >= 11 is 0. The lowest BCUT2D eigenvalue weighted by Gasteiger charge is -2.29. The van der Waals surface area contributed by atoms with Crippen LogP contribution in [0.2, 0.25) is 0 Å². The van der Waals surface area contributed by atoms with Crippen LogP contribution in [0.5, 0.6) is 0 Å². The van der Waals surface area contributed by atoms with E-state index in [4.69, 9.17) is 4.98 Å². The van der Waals surface area contributed by atoms with Gasteiger partial charge in [-0.1, -0.05) is 36.4 Å². The van der Waals surface area contributed by atoms with E-state index in [9.17, 15) is 4.79 Å². The van der Waals surface area contributed by atoms with Crippen molar-refractivity contribution in [2.24, 2.45) is 7.05 Å². The standard InChI is InChI=1S/C25H25N5O/c1-16-22-19(15-21(17-12-13-17)27-24(22)30(3)28-16)25(31)29(2)23(18-9-5-4-6-10-18)20-11-7-8-14-26-20/h4-11,14-15,17,23H,12-13H2,1-3H3. The monoisotopic (exact) mass is 411 g/mol. The van der Waals surface area contributed by atoms with Gasteiger partial charge in [-0.2, -0.15) is 5.10 Å². The Kier molecular flexibility index (Phi) is 4.77. The molecule has 1 aliphatic rings. The molecule has 0 saturated heterocycles. The van der Waals surface area contributed by atoms with E-state index in [-0.39, 0.29) is 11.9 Å². The molecule has 0 bridgehead atoms. The number of pyridine rings is 2. The number of amides is 1. The molecule has 3 heterocycles. The van der Waals surface area contributed by atoms with Gasteiger partial charge in [-0.25, -0.2) is 4.98 Å². The number of aryl methyl sites for hydroxylation is 2. The molecule has 1 saturated carbocycles. The molecule has 3 aromatic heterocycles. The summed E-state index contributed by atoms with van der Waals surface area (Å²) in [5.41, 5.74) is 5.09. The predicted molar refractivity (Wildman–Crippen MR) is 120 cm³/mol. The fraction of sp³-hybridized carbons (Fsp3) is 0.280. The summed E-state index contributed by atoms with van der Waals surface area (Å²) in [6.07, 6.45) is 4.02. The molecule has 0 N–H and O–H groups in total. The molecule has 1 aromatic carbocycles. The molecule has 0 radical (unpaired) electrons. The number of fused-ring (bicyclic) bond motifs is 1. The molecule has 156 valence electrons. The zero-order chi connectivity index (χ0) is 21.5. The van der Waals surface area contributed by atoms with E-state index in [1.54, 1.807) is 15.8 Å². The highest BCUT2D eigenvalue weighted by Crippen LogP contribution is 2.41. The molecule has 0 aliphatic heterocycles. The Labute approximate surface area is 181 Å². The highest BCUT2D eigenvalue weighted by atomic mass is 16.2. The molecule has 31 heavy (non-hydrogen) atoms. The van der Waals surface area contributed by atoms with Crippen LogP contribution in [0.4, 0.5) is 0 Å². The minimum Gasteiger partial charge on any atom is -0.329 e. The Morgan fingerprint density at radius 3 is 2.55 bits per heavy atom. The van der Waals surface area contributed by atoms with Crippen LogP contribution in [0.25, 0.3) is 11.0 Å². The van der Waals surface area contributed by atoms with E-state index < -0.39 is 0 Å². The van der Waals surface area contributed by atoms with E-state index >= 15 is 0 Å². The van der Waals surface area contributed by atoms with E-state index in [0.717, 1.165) is 46.5 Å². The molecule has 1 unspecified atom stereocenters. The van der Waals surface area contributed by atoms with Gasteiger partial charge in [0.1, 0.15) is 0 Å². The first-order chi connectivity index (χ1) is 15.0. The Balaban J connectivity index is 1.64. The zero-order valence-electron chi connectivity index (χ0n) is 18.0. The van der Waals surface area contributed by atoms with Crippen molar-refractivity contribution in [1.29, 1.82) is 0 Å². The van der Waals surface area contributed by atoms with Crippen LogP contribution in [0, 0.1) is 6.92 Å². The second kappa shape index (κ2) is 7.61. The summed E-state index contributed by atoms with van der Waals surface area (Å²) in [4.78, 5) is 25.1. The molecule has 1 aliphatic carbocycles. The van der Waals surface area contributed by atoms with Crippen molar-refractivity contribution in [3.05, 3.63) is 89.0 Å². The second-order valence-electron chi connectivity index (χ2n) is 8.26. The number of carbonyl (C=O) groups excluding carboxylic acids is 1. The molecular formula is C25H25N5O. The average molecular weight is 412 g/mol. The van der Waals surface area contributed by atoms with Crippen molar-refractivity contribution in [1.82, 2.24) is 24.6 Å². The predicted octanol–water partition coefficient (Wildman–Crippen LogP) is 4.41. The van der Waals surface area contributed by atoms with Crippen LogP contribution in [0.3, 0.4) is 0 Å². The van der Waals surface area contributed by atoms with Crippen LogP contribution < -0.4 is 0 Å². The van der Waals surface area contributed by atoms with Gasteiger partial charge in [0.2, 0.25) is 0 Å². The summed E-state index contributed by atoms with van der Waals surface area (Å²) < 4.78 is 1.78. The summed E-state index contributed by atoms with van der Waals surface area (Å²) in [7, 11) is 3.74. The molecule has 0 spiro atoms. The fourth-order valence-corrected chi connectivity index (χ4v) is 4.29. The zero-order valence-corrected chi connectivity index (χ0v) is 18.0. The SMILES string of the molecule is Cc1nn(C)c2nc(C3CC3)cc(C(=O)N(C)C(c3ccccc3)c3ccccn3)c12. The van der Waals surface area contributed by atoms with E-state index in [1.165, 1.54) is 0 Å². The van der Waals surface area contributed by atoms with Gasteiger partial charge in [-0.3, -0.25) is 14.5 Å². The number of benzene rings is 1. The van der Waals surface area contributed by atoms with Gasteiger partial charge in [0.25, 0.3) is 5.91 Å². The first-order valence-electron chi connectivity index (χ1n) is 10.6. The van der Waals surface area contributed by atoms with Gasteiger partial charge in [0.05, 0.1) is 28.4 Å². The topological polar surface area (TPSA) is 63.9 Å². The van der Waals surface area contributed by atoms with Crippen molar-refractivity contribution < 1.29 is 4.79 Å². The molecular weight excluding hydrogens is 386 g/mol. The highest BCUT2D eigenvalue weighted by molar-refractivity contribution is 6.06. The van der Waals surface area contributed by atoms with E-state index in [1.807, 2.05) is 75.6 Å². The normalized spacial score (nSPS) is 14.5. The third-order valence-electron chi connectivity index (χ3n) is 6.01. The van der Waals surface area contributed by atoms with Crippen molar-refractivity contribution in [3.63, 3.8) is 0 Å². The lowest BCUT2D eigenvalue weighted by atomic mass is 9.99. The highest BCUT2D eigenvalue weighted by Gasteiger charge is 2.31. The summed E-state index contributed by atoms with van der Waals surface area (Å²) in [5.74, 6) is 0.391. The van der Waals surface area contributed by atoms with Gasteiger partial charge in [0, 0.05) is 31.9 Å². The van der Waals surface area contributed by atoms with Crippen LogP contribution in [0.15, 0.2) is 60.8 Å². The quantitative estimate of drug-likeness (QED) is 0.488. The lowest BCUT2D eigenvalue weighted by molar-refractivity contribution is 0.0754. The van der Waals surface area contributed by atoms with Gasteiger partial charge in [-0.05, 0) is 43.5 Å². The Morgan fingerprint density at radius 2 is 1.87 bits per heavy atom. The molecule has 1 fully saturated rings. The van der Waals surface area contributed by atoms with E-state index in [2.05, 4.69) is 10.1 Å². The second-order valence-corrected chi connectivity index (χ2v) is 8.26. The van der Waals surface area contributed by atoms with Gasteiger partial charge in [-0.15, -0.1) is 0 Å². The molecule has 1 amide bonds. The molecule has 1 atom stereocenters. The first kappa shape index (κ1) is 19.4. The fourth-order valence-electron chi connectivity index (χ4n) is 4.29. The number of nitrogens with zero attached hydrogens (tertiary/aromatic N) is 5. The maximum Gasteiger partial charge on any atom is 0.255 e. The molecule has 5 rings (SSSR count). The molecule has 6 nitrogen and oxygen atoms in total. The Bertz CT molecular complexity index is 1210. The van der Waals surface area contributed by atoms with Crippen LogP contribution in [-0.4, -0.2) is 37.6 Å². The largest absolute Gasteiger partial charge is 0.329 e. The first-order valence-corrected chi connectivity index (χ1v) is 10.6. The smallest absolute Gasteiger partial charge is 0.255 e. The third kappa shape index (κ3) is 3.48. The lowest BCUT2D eigenvalue weighted by Crippen LogP contribution is -2.32. The number of rotatable bonds is 5. The number of hydrogen-bond acceptors (Lipinski definition) is 4. The van der Waals surface area contributed by atoms with Gasteiger partial charge in [0.15, 0.2) is 5.65 Å². The van der Waals surface area contributed by atoms with Crippen molar-refractivity contribution in [2.45, 2.75) is 31.7 Å². The third-order valence-corrected chi connectivity index (χ3v) is 6.01. The van der Waals surface area contributed by atoms with Crippen molar-refractivity contribution >= 4 is 16.9 Å². The maximum atomic E-state index is 13.9. The number of hydrogen-bond donors (Lipinski definition) is 0. The van der Waals surface area contributed by atoms with E-state index in [0.29, 0.717) is 11.5 Å². The van der Waals surface area contributed by atoms with Crippen LogP contribution in [-0.2, 0) is 7.05 Å². The Morgan fingerprint density at radius 1 is 1.13 bits per heavy atom. The summed E-state index contributed by atoms with van der Waals surface area (Å²) in [6.45, 7) is 1.94. The van der Waals surface area contributed by atoms with Crippen LogP contribution in [0.1, 0.15) is 57.8 Å². The number of carbonyl (C=O) groups is 1. The van der Waals surface area contributed by atoms with Gasteiger partial charge >= 0.3 is 0 Å². The van der Waals surface area contributed by atoms with Crippen molar-refractivity contribution in [3.8, 4) is 0 Å². The summed E-state index contributed by atoms with van der Waals surface area (Å²) in [5, 5.41) is 5.38. The summed E-state index contributed by atoms with van der Waals surface area (Å²) in [6, 6.07) is 17.5. The maximum absolute atomic E-state index is 13.9. The Hall–Kier alpha value is -3.54. The molecule has 4 aromatic rings. The number of aromatic nitrogens is 4. The average Bonchev–Trinajstić information content (AvgIpc) is 3.60. The minimum absolute atomic E-state index is 0.0510. The minimum atomic E-state index is -0.292. The molecule has 6 heteroatoms. The van der Waals surface area contributed by atoms with Crippen molar-refractivity contribution in [2.75, 3.05) is 7.05 Å². The van der Waals surface area contributed by atoms with Crippen LogP contribution >= 0.6 is 0 Å².